The Morgan fingerprint density at radius 1 is 1.21 bits per heavy atom. The number of benzene rings is 1. The maximum atomic E-state index is 12.7. The van der Waals surface area contributed by atoms with Crippen LogP contribution < -0.4 is 0 Å². The highest BCUT2D eigenvalue weighted by molar-refractivity contribution is 7.79. The van der Waals surface area contributed by atoms with Gasteiger partial charge in [0.2, 0.25) is 0 Å². The van der Waals surface area contributed by atoms with E-state index < -0.39 is 11.7 Å². The average molecular weight is 286 g/mol. The van der Waals surface area contributed by atoms with E-state index in [2.05, 4.69) is 12.6 Å². The predicted octanol–water partition coefficient (Wildman–Crippen LogP) is 4.21. The molecule has 1 aromatic carbocycles. The van der Waals surface area contributed by atoms with Crippen LogP contribution in [0.1, 0.15) is 21.7 Å². The molecular formula is C13H9F3O2S. The number of carbonyl (C=O) groups excluding carboxylic acids is 1. The van der Waals surface area contributed by atoms with Gasteiger partial charge in [-0.05, 0) is 29.8 Å². The Morgan fingerprint density at radius 3 is 2.47 bits per heavy atom. The van der Waals surface area contributed by atoms with Crippen molar-refractivity contribution >= 4 is 18.9 Å². The van der Waals surface area contributed by atoms with E-state index in [1.165, 1.54) is 18.2 Å². The van der Waals surface area contributed by atoms with E-state index in [0.29, 0.717) is 11.8 Å². The molecule has 0 spiro atoms. The van der Waals surface area contributed by atoms with Crippen LogP contribution in [0, 0.1) is 0 Å². The quantitative estimate of drug-likeness (QED) is 0.676. The molecule has 0 saturated heterocycles. The molecule has 0 aliphatic heterocycles. The first-order valence-electron chi connectivity index (χ1n) is 5.32. The van der Waals surface area contributed by atoms with Crippen molar-refractivity contribution in [1.82, 2.24) is 0 Å². The van der Waals surface area contributed by atoms with Gasteiger partial charge < -0.3 is 4.42 Å². The molecule has 6 heteroatoms. The zero-order valence-electron chi connectivity index (χ0n) is 9.57. The largest absolute Gasteiger partial charge is 0.453 e. The summed E-state index contributed by atoms with van der Waals surface area (Å²) >= 11 is 4.07. The minimum atomic E-state index is -4.43. The highest BCUT2D eigenvalue weighted by Crippen LogP contribution is 2.35. The van der Waals surface area contributed by atoms with Gasteiger partial charge in [0.1, 0.15) is 5.76 Å². The Labute approximate surface area is 112 Å². The summed E-state index contributed by atoms with van der Waals surface area (Å²) in [5.74, 6) is 0.555. The molecule has 0 aliphatic carbocycles. The van der Waals surface area contributed by atoms with Crippen LogP contribution in [0.5, 0.6) is 0 Å². The molecule has 0 saturated carbocycles. The Kier molecular flexibility index (Phi) is 3.71. The lowest BCUT2D eigenvalue weighted by molar-refractivity contribution is -0.137. The number of hydrogen-bond donors (Lipinski definition) is 1. The summed E-state index contributed by atoms with van der Waals surface area (Å²) < 4.78 is 43.2. The van der Waals surface area contributed by atoms with Crippen LogP contribution in [-0.2, 0) is 11.9 Å². The van der Waals surface area contributed by atoms with Gasteiger partial charge in [-0.2, -0.15) is 25.8 Å². The monoisotopic (exact) mass is 286 g/mol. The first kappa shape index (κ1) is 13.7. The van der Waals surface area contributed by atoms with Gasteiger partial charge in [-0.3, -0.25) is 4.79 Å². The van der Waals surface area contributed by atoms with Crippen molar-refractivity contribution in [3.63, 3.8) is 0 Å². The highest BCUT2D eigenvalue weighted by atomic mass is 32.1. The summed E-state index contributed by atoms with van der Waals surface area (Å²) in [5, 5.41) is 0. The van der Waals surface area contributed by atoms with Crippen molar-refractivity contribution < 1.29 is 22.4 Å². The lowest BCUT2D eigenvalue weighted by atomic mass is 10.0. The van der Waals surface area contributed by atoms with E-state index in [4.69, 9.17) is 4.42 Å². The van der Waals surface area contributed by atoms with Crippen LogP contribution in [-0.4, -0.2) is 6.29 Å². The van der Waals surface area contributed by atoms with Crippen LogP contribution in [0.2, 0.25) is 0 Å². The second-order valence-corrected chi connectivity index (χ2v) is 4.16. The van der Waals surface area contributed by atoms with Gasteiger partial charge in [0.25, 0.3) is 0 Å². The fraction of sp³-hybridized carbons (Fsp3) is 0.154. The molecule has 1 aromatic heterocycles. The Hall–Kier alpha value is -1.69. The van der Waals surface area contributed by atoms with Crippen molar-refractivity contribution in [1.29, 1.82) is 0 Å². The van der Waals surface area contributed by atoms with Gasteiger partial charge in [-0.15, -0.1) is 0 Å². The normalized spacial score (nSPS) is 11.6. The van der Waals surface area contributed by atoms with Crippen molar-refractivity contribution in [3.8, 4) is 11.3 Å². The first-order chi connectivity index (χ1) is 8.95. The Morgan fingerprint density at radius 2 is 1.95 bits per heavy atom. The number of furan rings is 1. The molecule has 2 aromatic rings. The van der Waals surface area contributed by atoms with Gasteiger partial charge in [0, 0.05) is 11.3 Å². The third kappa shape index (κ3) is 2.84. The van der Waals surface area contributed by atoms with Crippen molar-refractivity contribution in [3.05, 3.63) is 47.2 Å². The second-order valence-electron chi connectivity index (χ2n) is 3.85. The summed E-state index contributed by atoms with van der Waals surface area (Å²) in [4.78, 5) is 10.5. The van der Waals surface area contributed by atoms with Crippen molar-refractivity contribution in [2.24, 2.45) is 0 Å². The predicted molar refractivity (Wildman–Crippen MR) is 67.2 cm³/mol. The van der Waals surface area contributed by atoms with E-state index in [1.54, 1.807) is 0 Å². The molecule has 100 valence electrons. The van der Waals surface area contributed by atoms with Crippen LogP contribution in [0.25, 0.3) is 11.3 Å². The van der Waals surface area contributed by atoms with Crippen LogP contribution >= 0.6 is 12.6 Å². The lowest BCUT2D eigenvalue weighted by Crippen LogP contribution is -2.05. The molecule has 19 heavy (non-hydrogen) atoms. The van der Waals surface area contributed by atoms with Gasteiger partial charge in [-0.1, -0.05) is 6.07 Å². The zero-order chi connectivity index (χ0) is 14.0. The SMILES string of the molecule is O=Cc1ccc(-c2cc(C(F)(F)F)ccc2CS)o1. The molecule has 0 radical (unpaired) electrons. The third-order valence-corrected chi connectivity index (χ3v) is 2.96. The van der Waals surface area contributed by atoms with E-state index in [0.717, 1.165) is 12.1 Å². The standard InChI is InChI=1S/C13H9F3O2S/c14-13(15,16)9-2-1-8(7-19)11(5-9)12-4-3-10(6-17)18-12/h1-6,19H,7H2. The van der Waals surface area contributed by atoms with Gasteiger partial charge in [-0.25, -0.2) is 0 Å². The van der Waals surface area contributed by atoms with Crippen molar-refractivity contribution in [2.75, 3.05) is 0 Å². The molecule has 0 fully saturated rings. The number of rotatable bonds is 3. The van der Waals surface area contributed by atoms with Crippen LogP contribution in [0.3, 0.4) is 0 Å². The Balaban J connectivity index is 2.56. The summed E-state index contributed by atoms with van der Waals surface area (Å²) in [6, 6.07) is 6.23. The maximum Gasteiger partial charge on any atom is 0.416 e. The fourth-order valence-corrected chi connectivity index (χ4v) is 1.96. The summed E-state index contributed by atoms with van der Waals surface area (Å²) in [6.07, 6.45) is -3.93. The summed E-state index contributed by atoms with van der Waals surface area (Å²) in [7, 11) is 0. The summed E-state index contributed by atoms with van der Waals surface area (Å²) in [6.45, 7) is 0. The minimum Gasteiger partial charge on any atom is -0.453 e. The summed E-state index contributed by atoms with van der Waals surface area (Å²) in [5.41, 5.74) is 0.123. The van der Waals surface area contributed by atoms with Crippen LogP contribution in [0.4, 0.5) is 13.2 Å². The molecule has 0 N–H and O–H groups in total. The molecule has 0 bridgehead atoms. The molecule has 0 unspecified atom stereocenters. The molecule has 0 atom stereocenters. The zero-order valence-corrected chi connectivity index (χ0v) is 10.5. The fourth-order valence-electron chi connectivity index (χ4n) is 1.68. The van der Waals surface area contributed by atoms with Crippen LogP contribution in [0.15, 0.2) is 34.7 Å². The maximum absolute atomic E-state index is 12.7. The number of thiol groups is 1. The van der Waals surface area contributed by atoms with E-state index in [1.807, 2.05) is 0 Å². The number of carbonyl (C=O) groups is 1. The topological polar surface area (TPSA) is 30.2 Å². The highest BCUT2D eigenvalue weighted by Gasteiger charge is 2.31. The number of hydrogen-bond acceptors (Lipinski definition) is 3. The molecule has 2 nitrogen and oxygen atoms in total. The smallest absolute Gasteiger partial charge is 0.416 e. The molecule has 2 rings (SSSR count). The van der Waals surface area contributed by atoms with E-state index >= 15 is 0 Å². The number of halogens is 3. The molecule has 1 heterocycles. The lowest BCUT2D eigenvalue weighted by Gasteiger charge is -2.11. The molecular weight excluding hydrogens is 277 g/mol. The van der Waals surface area contributed by atoms with E-state index in [-0.39, 0.29) is 22.8 Å². The number of aldehydes is 1. The first-order valence-corrected chi connectivity index (χ1v) is 5.95. The third-order valence-electron chi connectivity index (χ3n) is 2.62. The van der Waals surface area contributed by atoms with E-state index in [9.17, 15) is 18.0 Å². The minimum absolute atomic E-state index is 0.0672. The average Bonchev–Trinajstić information content (AvgIpc) is 2.85. The Bertz CT molecular complexity index is 602. The van der Waals surface area contributed by atoms with Crippen molar-refractivity contribution in [2.45, 2.75) is 11.9 Å². The molecule has 0 aliphatic rings. The van der Waals surface area contributed by atoms with Gasteiger partial charge in [0.05, 0.1) is 5.56 Å². The number of alkyl halides is 3. The molecule has 0 amide bonds. The van der Waals surface area contributed by atoms with Gasteiger partial charge >= 0.3 is 6.18 Å². The second kappa shape index (κ2) is 5.13. The van der Waals surface area contributed by atoms with Gasteiger partial charge in [0.15, 0.2) is 12.0 Å².